The Hall–Kier alpha value is -2.63. The topological polar surface area (TPSA) is 76.0 Å². The maximum absolute atomic E-state index is 12.1. The second-order valence-electron chi connectivity index (χ2n) is 5.04. The van der Waals surface area contributed by atoms with E-state index in [2.05, 4.69) is 15.7 Å². The lowest BCUT2D eigenvalue weighted by molar-refractivity contribution is 0.0950. The highest BCUT2D eigenvalue weighted by atomic mass is 16.2. The summed E-state index contributed by atoms with van der Waals surface area (Å²) in [6.07, 6.45) is 4.42. The molecule has 2 rings (SSSR count). The maximum atomic E-state index is 12.1. The normalized spacial score (nSPS) is 10.3. The van der Waals surface area contributed by atoms with Crippen molar-refractivity contribution < 1.29 is 9.59 Å². The van der Waals surface area contributed by atoms with Crippen molar-refractivity contribution in [3.8, 4) is 0 Å². The fourth-order valence-electron chi connectivity index (χ4n) is 1.99. The number of aryl methyl sites for hydroxylation is 1. The Kier molecular flexibility index (Phi) is 5.30. The minimum atomic E-state index is -0.214. The third-order valence-electron chi connectivity index (χ3n) is 3.13. The molecule has 0 saturated carbocycles. The smallest absolute Gasteiger partial charge is 0.251 e. The van der Waals surface area contributed by atoms with Crippen molar-refractivity contribution in [1.29, 1.82) is 0 Å². The number of nitrogens with one attached hydrogen (secondary N) is 2. The molecule has 2 aromatic rings. The quantitative estimate of drug-likeness (QED) is 0.848. The van der Waals surface area contributed by atoms with Crippen molar-refractivity contribution in [2.24, 2.45) is 7.05 Å². The van der Waals surface area contributed by atoms with E-state index in [1.165, 1.54) is 0 Å². The summed E-state index contributed by atoms with van der Waals surface area (Å²) in [5.74, 6) is -0.377. The van der Waals surface area contributed by atoms with Gasteiger partial charge in [0.2, 0.25) is 0 Å². The van der Waals surface area contributed by atoms with E-state index in [1.54, 1.807) is 35.1 Å². The zero-order valence-corrected chi connectivity index (χ0v) is 12.8. The second kappa shape index (κ2) is 7.40. The predicted octanol–water partition coefficient (Wildman–Crippen LogP) is 1.49. The molecule has 0 radical (unpaired) electrons. The molecule has 0 aliphatic carbocycles. The molecule has 0 bridgehead atoms. The van der Waals surface area contributed by atoms with Crippen LogP contribution in [0.2, 0.25) is 0 Å². The van der Waals surface area contributed by atoms with Gasteiger partial charge in [-0.25, -0.2) is 0 Å². The number of benzene rings is 1. The Balaban J connectivity index is 1.99. The summed E-state index contributed by atoms with van der Waals surface area (Å²) in [7, 11) is 1.82. The van der Waals surface area contributed by atoms with Crippen LogP contribution in [0.3, 0.4) is 0 Å². The van der Waals surface area contributed by atoms with Crippen molar-refractivity contribution in [3.63, 3.8) is 0 Å². The van der Waals surface area contributed by atoms with Crippen LogP contribution in [0.5, 0.6) is 0 Å². The molecule has 22 heavy (non-hydrogen) atoms. The van der Waals surface area contributed by atoms with Gasteiger partial charge in [-0.15, -0.1) is 0 Å². The van der Waals surface area contributed by atoms with E-state index in [-0.39, 0.29) is 11.8 Å². The van der Waals surface area contributed by atoms with Gasteiger partial charge in [0.25, 0.3) is 11.8 Å². The van der Waals surface area contributed by atoms with Gasteiger partial charge in [-0.1, -0.05) is 13.0 Å². The van der Waals surface area contributed by atoms with Crippen LogP contribution in [0, 0.1) is 0 Å². The van der Waals surface area contributed by atoms with Crippen LogP contribution in [0.1, 0.15) is 39.6 Å². The number of rotatable bonds is 6. The molecular weight excluding hydrogens is 280 g/mol. The molecule has 6 nitrogen and oxygen atoms in total. The standard InChI is InChI=1S/C16H20N4O2/c1-3-7-17-15(21)13-5-4-6-14(8-13)16(22)18-9-12-10-19-20(2)11-12/h4-6,8,10-11H,3,7,9H2,1-2H3,(H,17,21)(H,18,22). The van der Waals surface area contributed by atoms with E-state index in [9.17, 15) is 9.59 Å². The Morgan fingerprint density at radius 1 is 1.18 bits per heavy atom. The van der Waals surface area contributed by atoms with Gasteiger partial charge >= 0.3 is 0 Å². The molecular formula is C16H20N4O2. The number of nitrogens with zero attached hydrogens (tertiary/aromatic N) is 2. The van der Waals surface area contributed by atoms with Crippen LogP contribution in [0.4, 0.5) is 0 Å². The molecule has 0 fully saturated rings. The van der Waals surface area contributed by atoms with Crippen molar-refractivity contribution in [2.75, 3.05) is 6.54 Å². The maximum Gasteiger partial charge on any atom is 0.251 e. The van der Waals surface area contributed by atoms with Gasteiger partial charge < -0.3 is 10.6 Å². The van der Waals surface area contributed by atoms with Gasteiger partial charge in [0.15, 0.2) is 0 Å². The second-order valence-corrected chi connectivity index (χ2v) is 5.04. The Morgan fingerprint density at radius 3 is 2.45 bits per heavy atom. The Labute approximate surface area is 129 Å². The molecule has 1 aromatic carbocycles. The average Bonchev–Trinajstić information content (AvgIpc) is 2.96. The average molecular weight is 300 g/mol. The van der Waals surface area contributed by atoms with Crippen LogP contribution in [0.25, 0.3) is 0 Å². The molecule has 1 heterocycles. The van der Waals surface area contributed by atoms with Crippen molar-refractivity contribution in [2.45, 2.75) is 19.9 Å². The third-order valence-corrected chi connectivity index (χ3v) is 3.13. The fraction of sp³-hybridized carbons (Fsp3) is 0.312. The zero-order valence-electron chi connectivity index (χ0n) is 12.8. The zero-order chi connectivity index (χ0) is 15.9. The highest BCUT2D eigenvalue weighted by molar-refractivity contribution is 5.99. The monoisotopic (exact) mass is 300 g/mol. The first-order valence-electron chi connectivity index (χ1n) is 7.24. The number of aromatic nitrogens is 2. The van der Waals surface area contributed by atoms with E-state index < -0.39 is 0 Å². The molecule has 0 saturated heterocycles. The van der Waals surface area contributed by atoms with E-state index in [4.69, 9.17) is 0 Å². The molecule has 1 aromatic heterocycles. The van der Waals surface area contributed by atoms with E-state index in [0.29, 0.717) is 24.2 Å². The number of carbonyl (C=O) groups is 2. The molecule has 0 atom stereocenters. The molecule has 2 amide bonds. The summed E-state index contributed by atoms with van der Waals surface area (Å²) in [5.41, 5.74) is 1.88. The van der Waals surface area contributed by atoms with Crippen molar-refractivity contribution in [3.05, 3.63) is 53.3 Å². The summed E-state index contributed by atoms with van der Waals surface area (Å²) >= 11 is 0. The van der Waals surface area contributed by atoms with Crippen LogP contribution in [-0.2, 0) is 13.6 Å². The molecule has 2 N–H and O–H groups in total. The summed E-state index contributed by atoms with van der Waals surface area (Å²) in [5, 5.41) is 9.65. The van der Waals surface area contributed by atoms with Crippen LogP contribution < -0.4 is 10.6 Å². The Morgan fingerprint density at radius 2 is 1.86 bits per heavy atom. The van der Waals surface area contributed by atoms with E-state index in [1.807, 2.05) is 20.2 Å². The van der Waals surface area contributed by atoms with Gasteiger partial charge in [-0.05, 0) is 24.6 Å². The predicted molar refractivity (Wildman–Crippen MR) is 83.4 cm³/mol. The fourth-order valence-corrected chi connectivity index (χ4v) is 1.99. The first-order chi connectivity index (χ1) is 10.6. The van der Waals surface area contributed by atoms with Crippen molar-refractivity contribution >= 4 is 11.8 Å². The van der Waals surface area contributed by atoms with Gasteiger partial charge in [0, 0.05) is 43.0 Å². The van der Waals surface area contributed by atoms with Gasteiger partial charge in [0.1, 0.15) is 0 Å². The van der Waals surface area contributed by atoms with Gasteiger partial charge in [-0.2, -0.15) is 5.10 Å². The first kappa shape index (κ1) is 15.8. The molecule has 116 valence electrons. The summed E-state index contributed by atoms with van der Waals surface area (Å²) in [4.78, 5) is 24.1. The lowest BCUT2D eigenvalue weighted by atomic mass is 10.1. The molecule has 0 aliphatic heterocycles. The van der Waals surface area contributed by atoms with Gasteiger partial charge in [0.05, 0.1) is 6.20 Å². The lowest BCUT2D eigenvalue weighted by Crippen LogP contribution is -2.25. The van der Waals surface area contributed by atoms with E-state index >= 15 is 0 Å². The third kappa shape index (κ3) is 4.18. The number of hydrogen-bond acceptors (Lipinski definition) is 3. The summed E-state index contributed by atoms with van der Waals surface area (Å²) in [6, 6.07) is 6.70. The number of hydrogen-bond donors (Lipinski definition) is 2. The Bertz CT molecular complexity index is 664. The van der Waals surface area contributed by atoms with Crippen LogP contribution >= 0.6 is 0 Å². The van der Waals surface area contributed by atoms with Crippen molar-refractivity contribution in [1.82, 2.24) is 20.4 Å². The lowest BCUT2D eigenvalue weighted by Gasteiger charge is -2.07. The molecule has 6 heteroatoms. The largest absolute Gasteiger partial charge is 0.352 e. The first-order valence-corrected chi connectivity index (χ1v) is 7.24. The van der Waals surface area contributed by atoms with Crippen LogP contribution in [0.15, 0.2) is 36.7 Å². The SMILES string of the molecule is CCCNC(=O)c1cccc(C(=O)NCc2cnn(C)c2)c1. The van der Waals surface area contributed by atoms with Gasteiger partial charge in [-0.3, -0.25) is 14.3 Å². The van der Waals surface area contributed by atoms with E-state index in [0.717, 1.165) is 12.0 Å². The minimum absolute atomic E-state index is 0.163. The summed E-state index contributed by atoms with van der Waals surface area (Å²) in [6.45, 7) is 3.01. The highest BCUT2D eigenvalue weighted by Gasteiger charge is 2.10. The highest BCUT2D eigenvalue weighted by Crippen LogP contribution is 2.06. The molecule has 0 aliphatic rings. The molecule has 0 spiro atoms. The number of carbonyl (C=O) groups excluding carboxylic acids is 2. The molecule has 0 unspecified atom stereocenters. The van der Waals surface area contributed by atoms with Crippen LogP contribution in [-0.4, -0.2) is 28.1 Å². The minimum Gasteiger partial charge on any atom is -0.352 e. The number of amides is 2. The summed E-state index contributed by atoms with van der Waals surface area (Å²) < 4.78 is 1.68.